The maximum Gasteiger partial charge on any atom is 0.435 e. The van der Waals surface area contributed by atoms with Crippen LogP contribution in [0.5, 0.6) is 0 Å². The molecule has 0 aliphatic heterocycles. The third-order valence-corrected chi connectivity index (χ3v) is 5.07. The molecule has 1 heterocycles. The van der Waals surface area contributed by atoms with Gasteiger partial charge < -0.3 is 10.6 Å². The first-order valence-electron chi connectivity index (χ1n) is 9.46. The topological polar surface area (TPSA) is 54.2 Å². The molecule has 2 aromatic rings. The van der Waals surface area contributed by atoms with E-state index in [1.807, 2.05) is 6.92 Å². The van der Waals surface area contributed by atoms with Crippen LogP contribution in [0, 0.1) is 0 Å². The summed E-state index contributed by atoms with van der Waals surface area (Å²) in [4.78, 5) is 4.14. The molecule has 1 unspecified atom stereocenters. The highest BCUT2D eigenvalue weighted by Crippen LogP contribution is 2.30. The van der Waals surface area contributed by atoms with Gasteiger partial charge >= 0.3 is 6.18 Å². The summed E-state index contributed by atoms with van der Waals surface area (Å²) in [7, 11) is 3.08. The lowest BCUT2D eigenvalue weighted by Gasteiger charge is -2.21. The predicted molar refractivity (Wildman–Crippen MR) is 103 cm³/mol. The van der Waals surface area contributed by atoms with Gasteiger partial charge in [0.25, 0.3) is 0 Å². The Labute approximate surface area is 163 Å². The molecule has 1 aromatic heterocycles. The van der Waals surface area contributed by atoms with E-state index in [4.69, 9.17) is 0 Å². The minimum Gasteiger partial charge on any atom is -0.352 e. The third-order valence-electron chi connectivity index (χ3n) is 5.07. The molecular weight excluding hydrogens is 367 g/mol. The highest BCUT2D eigenvalue weighted by molar-refractivity contribution is 5.80. The standard InChI is InChI=1S/C20H26F3N5/c1-13(15-9-8-14-6-4-5-7-16(14)10-15)26-19(24-2)25-11-17-12-28(3)27-18(17)20(21,22)23/h8-10,12-13H,4-7,11H2,1-3H3,(H2,24,25,26). The predicted octanol–water partition coefficient (Wildman–Crippen LogP) is 3.74. The van der Waals surface area contributed by atoms with Crippen LogP contribution in [0.15, 0.2) is 29.4 Å². The van der Waals surface area contributed by atoms with E-state index >= 15 is 0 Å². The van der Waals surface area contributed by atoms with Crippen molar-refractivity contribution >= 4 is 5.96 Å². The summed E-state index contributed by atoms with van der Waals surface area (Å²) >= 11 is 0. The number of guanidine groups is 1. The molecule has 1 aromatic carbocycles. The summed E-state index contributed by atoms with van der Waals surface area (Å²) in [6, 6.07) is 6.50. The Balaban J connectivity index is 1.65. The van der Waals surface area contributed by atoms with E-state index in [0.29, 0.717) is 5.96 Å². The summed E-state index contributed by atoms with van der Waals surface area (Å²) in [6.07, 6.45) is 1.58. The fourth-order valence-corrected chi connectivity index (χ4v) is 3.59. The van der Waals surface area contributed by atoms with Gasteiger partial charge in [0.2, 0.25) is 0 Å². The molecule has 3 rings (SSSR count). The minimum atomic E-state index is -4.48. The van der Waals surface area contributed by atoms with Crippen molar-refractivity contribution in [3.8, 4) is 0 Å². The van der Waals surface area contributed by atoms with E-state index in [9.17, 15) is 13.2 Å². The lowest BCUT2D eigenvalue weighted by molar-refractivity contribution is -0.142. The van der Waals surface area contributed by atoms with E-state index in [-0.39, 0.29) is 18.2 Å². The van der Waals surface area contributed by atoms with Gasteiger partial charge in [-0.3, -0.25) is 9.67 Å². The van der Waals surface area contributed by atoms with Gasteiger partial charge in [0.1, 0.15) is 0 Å². The fourth-order valence-electron chi connectivity index (χ4n) is 3.59. The molecule has 0 saturated carbocycles. The Morgan fingerprint density at radius 3 is 2.64 bits per heavy atom. The van der Waals surface area contributed by atoms with Crippen LogP contribution >= 0.6 is 0 Å². The first-order valence-corrected chi connectivity index (χ1v) is 9.46. The minimum absolute atomic E-state index is 0.0146. The highest BCUT2D eigenvalue weighted by Gasteiger charge is 2.36. The average molecular weight is 393 g/mol. The maximum atomic E-state index is 13.1. The van der Waals surface area contributed by atoms with Crippen molar-refractivity contribution in [2.24, 2.45) is 12.0 Å². The zero-order valence-corrected chi connectivity index (χ0v) is 16.4. The molecule has 0 amide bonds. The molecule has 1 aliphatic rings. The molecule has 0 bridgehead atoms. The third kappa shape index (κ3) is 4.66. The number of fused-ring (bicyclic) bond motifs is 1. The molecule has 2 N–H and O–H groups in total. The van der Waals surface area contributed by atoms with Crippen molar-refractivity contribution in [1.29, 1.82) is 0 Å². The van der Waals surface area contributed by atoms with E-state index in [2.05, 4.69) is 38.9 Å². The van der Waals surface area contributed by atoms with E-state index in [1.165, 1.54) is 41.9 Å². The Kier molecular flexibility index (Phi) is 5.96. The maximum absolute atomic E-state index is 13.1. The van der Waals surface area contributed by atoms with E-state index < -0.39 is 11.9 Å². The monoisotopic (exact) mass is 393 g/mol. The van der Waals surface area contributed by atoms with Gasteiger partial charge in [-0.25, -0.2) is 0 Å². The molecule has 0 radical (unpaired) electrons. The lowest BCUT2D eigenvalue weighted by Crippen LogP contribution is -2.38. The van der Waals surface area contributed by atoms with Crippen molar-refractivity contribution < 1.29 is 13.2 Å². The number of alkyl halides is 3. The number of hydrogen-bond donors (Lipinski definition) is 2. The van der Waals surface area contributed by atoms with Crippen LogP contribution in [0.2, 0.25) is 0 Å². The molecule has 1 atom stereocenters. The molecular formula is C20H26F3N5. The van der Waals surface area contributed by atoms with Crippen molar-refractivity contribution in [3.63, 3.8) is 0 Å². The molecule has 28 heavy (non-hydrogen) atoms. The normalized spacial score (nSPS) is 15.9. The number of nitrogens with zero attached hydrogens (tertiary/aromatic N) is 3. The SMILES string of the molecule is CN=C(NCc1cn(C)nc1C(F)(F)F)NC(C)c1ccc2c(c1)CCCC2. The number of aromatic nitrogens is 2. The van der Waals surface area contributed by atoms with Crippen LogP contribution in [0.1, 0.15) is 53.8 Å². The second-order valence-electron chi connectivity index (χ2n) is 7.20. The summed E-state index contributed by atoms with van der Waals surface area (Å²) in [6.45, 7) is 2.00. The van der Waals surface area contributed by atoms with E-state index in [0.717, 1.165) is 18.4 Å². The Morgan fingerprint density at radius 1 is 1.25 bits per heavy atom. The van der Waals surface area contributed by atoms with Crippen molar-refractivity contribution in [3.05, 3.63) is 52.3 Å². The van der Waals surface area contributed by atoms with Crippen LogP contribution in [0.3, 0.4) is 0 Å². The highest BCUT2D eigenvalue weighted by atomic mass is 19.4. The summed E-state index contributed by atoms with van der Waals surface area (Å²) in [5.74, 6) is 0.446. The molecule has 0 spiro atoms. The number of rotatable bonds is 4. The summed E-state index contributed by atoms with van der Waals surface area (Å²) in [5.41, 5.74) is 3.16. The Hall–Kier alpha value is -2.51. The molecule has 152 valence electrons. The van der Waals surface area contributed by atoms with Gasteiger partial charge in [-0.2, -0.15) is 18.3 Å². The van der Waals surface area contributed by atoms with Gasteiger partial charge in [-0.1, -0.05) is 18.2 Å². The van der Waals surface area contributed by atoms with Crippen LogP contribution in [0.4, 0.5) is 13.2 Å². The van der Waals surface area contributed by atoms with Crippen molar-refractivity contribution in [2.45, 2.75) is 51.4 Å². The molecule has 5 nitrogen and oxygen atoms in total. The van der Waals surface area contributed by atoms with Gasteiger partial charge in [-0.05, 0) is 49.3 Å². The number of aliphatic imine (C=N–C) groups is 1. The molecule has 8 heteroatoms. The quantitative estimate of drug-likeness (QED) is 0.615. The second-order valence-corrected chi connectivity index (χ2v) is 7.20. The van der Waals surface area contributed by atoms with Crippen molar-refractivity contribution in [1.82, 2.24) is 20.4 Å². The van der Waals surface area contributed by atoms with Gasteiger partial charge in [0, 0.05) is 32.4 Å². The smallest absolute Gasteiger partial charge is 0.352 e. The number of benzene rings is 1. The zero-order valence-electron chi connectivity index (χ0n) is 16.4. The summed E-state index contributed by atoms with van der Waals surface area (Å²) < 4.78 is 40.4. The fraction of sp³-hybridized carbons (Fsp3) is 0.500. The number of nitrogens with one attached hydrogen (secondary N) is 2. The van der Waals surface area contributed by atoms with Gasteiger partial charge in [-0.15, -0.1) is 0 Å². The number of aryl methyl sites for hydroxylation is 3. The largest absolute Gasteiger partial charge is 0.435 e. The molecule has 1 aliphatic carbocycles. The van der Waals surface area contributed by atoms with E-state index in [1.54, 1.807) is 7.05 Å². The van der Waals surface area contributed by atoms with Gasteiger partial charge in [0.15, 0.2) is 11.7 Å². The Bertz CT molecular complexity index is 854. The van der Waals surface area contributed by atoms with Crippen LogP contribution in [-0.2, 0) is 32.6 Å². The average Bonchev–Trinajstić information content (AvgIpc) is 3.05. The lowest BCUT2D eigenvalue weighted by atomic mass is 9.89. The first kappa shape index (κ1) is 20.2. The summed E-state index contributed by atoms with van der Waals surface area (Å²) in [5, 5.41) is 9.74. The van der Waals surface area contributed by atoms with Crippen molar-refractivity contribution in [2.75, 3.05) is 7.05 Å². The second kappa shape index (κ2) is 8.24. The van der Waals surface area contributed by atoms with Crippen LogP contribution in [-0.4, -0.2) is 22.8 Å². The van der Waals surface area contributed by atoms with Crippen LogP contribution < -0.4 is 10.6 Å². The Morgan fingerprint density at radius 2 is 1.96 bits per heavy atom. The van der Waals surface area contributed by atoms with Gasteiger partial charge in [0.05, 0.1) is 6.04 Å². The number of halogens is 3. The van der Waals surface area contributed by atoms with Crippen LogP contribution in [0.25, 0.3) is 0 Å². The zero-order chi connectivity index (χ0) is 20.3. The first-order chi connectivity index (χ1) is 13.3. The molecule has 0 saturated heterocycles. The number of hydrogen-bond acceptors (Lipinski definition) is 2. The molecule has 0 fully saturated rings.